The van der Waals surface area contributed by atoms with Crippen molar-refractivity contribution in [3.63, 3.8) is 0 Å². The van der Waals surface area contributed by atoms with Crippen LogP contribution in [0, 0.1) is 0 Å². The van der Waals surface area contributed by atoms with Gasteiger partial charge < -0.3 is 10.3 Å². The highest BCUT2D eigenvalue weighted by atomic mass is 32.2. The Hall–Kier alpha value is -2.49. The highest BCUT2D eigenvalue weighted by Gasteiger charge is 2.23. The van der Waals surface area contributed by atoms with Gasteiger partial charge in [0.1, 0.15) is 10.8 Å². The van der Waals surface area contributed by atoms with E-state index < -0.39 is 5.91 Å². The van der Waals surface area contributed by atoms with Crippen LogP contribution in [0.4, 0.5) is 0 Å². The fourth-order valence-electron chi connectivity index (χ4n) is 4.22. The molecular weight excluding hydrogens is 470 g/mol. The first-order valence-corrected chi connectivity index (χ1v) is 13.9. The maximum atomic E-state index is 11.3. The van der Waals surface area contributed by atoms with Crippen molar-refractivity contribution < 1.29 is 4.79 Å². The molecule has 4 aromatic rings. The van der Waals surface area contributed by atoms with Gasteiger partial charge in [-0.05, 0) is 36.4 Å². The molecule has 1 aliphatic rings. The minimum absolute atomic E-state index is 0.418. The number of primary amides is 1. The van der Waals surface area contributed by atoms with Gasteiger partial charge >= 0.3 is 0 Å². The van der Waals surface area contributed by atoms with Gasteiger partial charge in [-0.15, -0.1) is 32.9 Å². The van der Waals surface area contributed by atoms with Crippen molar-refractivity contribution in [3.05, 3.63) is 69.1 Å². The van der Waals surface area contributed by atoms with Crippen molar-refractivity contribution in [2.24, 2.45) is 5.73 Å². The monoisotopic (exact) mass is 495 g/mol. The molecule has 0 radical (unpaired) electrons. The number of thiazole rings is 1. The third kappa shape index (κ3) is 5.20. The predicted octanol–water partition coefficient (Wildman–Crippen LogP) is 5.95. The van der Waals surface area contributed by atoms with E-state index in [4.69, 9.17) is 10.7 Å². The summed E-state index contributed by atoms with van der Waals surface area (Å²) in [5, 5.41) is 15.3. The zero-order valence-corrected chi connectivity index (χ0v) is 20.6. The maximum absolute atomic E-state index is 11.3. The summed E-state index contributed by atoms with van der Waals surface area (Å²) in [5.74, 6) is 1.40. The Morgan fingerprint density at radius 2 is 1.91 bits per heavy atom. The summed E-state index contributed by atoms with van der Waals surface area (Å²) in [6.07, 6.45) is 7.11. The minimum atomic E-state index is -0.418. The van der Waals surface area contributed by atoms with Crippen LogP contribution in [0.2, 0.25) is 0 Å². The van der Waals surface area contributed by atoms with Crippen LogP contribution in [0.3, 0.4) is 0 Å². The number of thioether (sulfide) groups is 1. The Labute approximate surface area is 205 Å². The molecule has 5 rings (SSSR count). The third-order valence-corrected chi connectivity index (χ3v) is 8.70. The van der Waals surface area contributed by atoms with Crippen molar-refractivity contribution in [1.82, 2.24) is 19.7 Å². The number of hydrogen-bond donors (Lipinski definition) is 1. The summed E-state index contributed by atoms with van der Waals surface area (Å²) in [5.41, 5.74) is 7.86. The molecule has 1 fully saturated rings. The molecule has 0 atom stereocenters. The van der Waals surface area contributed by atoms with Crippen LogP contribution in [0.25, 0.3) is 10.6 Å². The van der Waals surface area contributed by atoms with Crippen LogP contribution in [0.5, 0.6) is 0 Å². The summed E-state index contributed by atoms with van der Waals surface area (Å²) in [4.78, 5) is 17.4. The molecule has 1 amide bonds. The van der Waals surface area contributed by atoms with Gasteiger partial charge in [-0.3, -0.25) is 4.79 Å². The second-order valence-electron chi connectivity index (χ2n) is 8.19. The van der Waals surface area contributed by atoms with Crippen molar-refractivity contribution >= 4 is 40.3 Å². The van der Waals surface area contributed by atoms with E-state index in [1.54, 1.807) is 46.6 Å². The van der Waals surface area contributed by atoms with Crippen LogP contribution in [-0.2, 0) is 12.2 Å². The van der Waals surface area contributed by atoms with E-state index >= 15 is 0 Å². The number of aromatic nitrogens is 4. The molecule has 33 heavy (non-hydrogen) atoms. The quantitative estimate of drug-likeness (QED) is 0.305. The zero-order chi connectivity index (χ0) is 22.6. The number of hydrogen-bond acceptors (Lipinski definition) is 7. The van der Waals surface area contributed by atoms with Gasteiger partial charge in [0.05, 0.1) is 5.69 Å². The molecule has 1 aromatic carbocycles. The Kier molecular flexibility index (Phi) is 6.89. The van der Waals surface area contributed by atoms with Crippen LogP contribution < -0.4 is 5.73 Å². The van der Waals surface area contributed by atoms with E-state index in [-0.39, 0.29) is 0 Å². The van der Waals surface area contributed by atoms with Crippen LogP contribution >= 0.6 is 34.4 Å². The van der Waals surface area contributed by atoms with Crippen molar-refractivity contribution in [3.8, 4) is 10.6 Å². The van der Waals surface area contributed by atoms with Crippen LogP contribution in [0.1, 0.15) is 64.9 Å². The maximum Gasteiger partial charge on any atom is 0.248 e. The average Bonchev–Trinajstić information content (AvgIpc) is 3.60. The number of rotatable bonds is 8. The van der Waals surface area contributed by atoms with Crippen LogP contribution in [-0.4, -0.2) is 25.7 Å². The second-order valence-corrected chi connectivity index (χ2v) is 11.0. The molecule has 9 heteroatoms. The number of carbonyl (C=O) groups excluding carboxylic acids is 1. The van der Waals surface area contributed by atoms with Gasteiger partial charge in [-0.25, -0.2) is 4.98 Å². The number of benzene rings is 1. The molecule has 0 saturated heterocycles. The molecule has 1 saturated carbocycles. The first-order valence-electron chi connectivity index (χ1n) is 11.1. The summed E-state index contributed by atoms with van der Waals surface area (Å²) in [6.45, 7) is 0. The molecule has 0 aliphatic heterocycles. The Bertz CT molecular complexity index is 1210. The number of nitrogens with two attached hydrogens (primary N) is 1. The summed E-state index contributed by atoms with van der Waals surface area (Å²) >= 11 is 5.10. The molecule has 0 spiro atoms. The fraction of sp³-hybridized carbons (Fsp3) is 0.333. The number of amides is 1. The molecule has 0 bridgehead atoms. The Balaban J connectivity index is 1.32. The molecule has 6 nitrogen and oxygen atoms in total. The first-order chi connectivity index (χ1) is 16.2. The van der Waals surface area contributed by atoms with Crippen molar-refractivity contribution in [2.75, 3.05) is 0 Å². The van der Waals surface area contributed by atoms with E-state index in [1.807, 2.05) is 12.1 Å². The lowest BCUT2D eigenvalue weighted by Gasteiger charge is -2.25. The zero-order valence-electron chi connectivity index (χ0n) is 18.1. The molecule has 3 heterocycles. The summed E-state index contributed by atoms with van der Waals surface area (Å²) < 4.78 is 2.40. The smallest absolute Gasteiger partial charge is 0.248 e. The predicted molar refractivity (Wildman–Crippen MR) is 135 cm³/mol. The topological polar surface area (TPSA) is 86.7 Å². The van der Waals surface area contributed by atoms with Gasteiger partial charge in [-0.1, -0.05) is 49.2 Å². The molecule has 3 aromatic heterocycles. The number of nitrogens with zero attached hydrogens (tertiary/aromatic N) is 4. The third-order valence-electron chi connectivity index (χ3n) is 5.90. The SMILES string of the molecule is NC(=O)c1ccc(-c2nc(CSc3nnc(Cc4cccs4)n3C3CCCCC3)cs2)cc1. The van der Waals surface area contributed by atoms with Gasteiger partial charge in [0.25, 0.3) is 0 Å². The van der Waals surface area contributed by atoms with Gasteiger partial charge in [0, 0.05) is 39.6 Å². The number of thiophene rings is 1. The largest absolute Gasteiger partial charge is 0.366 e. The summed E-state index contributed by atoms with van der Waals surface area (Å²) in [6, 6.07) is 12.0. The Morgan fingerprint density at radius 1 is 1.09 bits per heavy atom. The van der Waals surface area contributed by atoms with E-state index in [0.29, 0.717) is 11.6 Å². The lowest BCUT2D eigenvalue weighted by atomic mass is 9.95. The fourth-order valence-corrected chi connectivity index (χ4v) is 6.77. The lowest BCUT2D eigenvalue weighted by Crippen LogP contribution is -2.16. The first kappa shape index (κ1) is 22.3. The van der Waals surface area contributed by atoms with Gasteiger partial charge in [0.15, 0.2) is 5.16 Å². The standard InChI is InChI=1S/C24H25N5OS3/c25-22(30)16-8-10-17(11-9-16)23-26-18(14-32-23)15-33-24-28-27-21(13-20-7-4-12-31-20)29(24)19-5-2-1-3-6-19/h4,7-12,14,19H,1-3,5-6,13,15H2,(H2,25,30). The lowest BCUT2D eigenvalue weighted by molar-refractivity contribution is 0.100. The molecule has 0 unspecified atom stereocenters. The van der Waals surface area contributed by atoms with Gasteiger partial charge in [0.2, 0.25) is 5.91 Å². The Morgan fingerprint density at radius 3 is 2.64 bits per heavy atom. The normalized spacial score (nSPS) is 14.5. The highest BCUT2D eigenvalue weighted by Crippen LogP contribution is 2.35. The van der Waals surface area contributed by atoms with E-state index in [0.717, 1.165) is 39.4 Å². The average molecular weight is 496 g/mol. The highest BCUT2D eigenvalue weighted by molar-refractivity contribution is 7.98. The van der Waals surface area contributed by atoms with E-state index in [9.17, 15) is 4.79 Å². The van der Waals surface area contributed by atoms with E-state index in [2.05, 4.69) is 37.7 Å². The molecule has 170 valence electrons. The number of carbonyl (C=O) groups is 1. The molecule has 1 aliphatic carbocycles. The van der Waals surface area contributed by atoms with Gasteiger partial charge in [-0.2, -0.15) is 0 Å². The van der Waals surface area contributed by atoms with Crippen molar-refractivity contribution in [2.45, 2.75) is 55.5 Å². The molecular formula is C24H25N5OS3. The summed E-state index contributed by atoms with van der Waals surface area (Å²) in [7, 11) is 0. The van der Waals surface area contributed by atoms with Crippen LogP contribution in [0.15, 0.2) is 52.3 Å². The molecule has 2 N–H and O–H groups in total. The minimum Gasteiger partial charge on any atom is -0.366 e. The van der Waals surface area contributed by atoms with Crippen molar-refractivity contribution in [1.29, 1.82) is 0 Å². The second kappa shape index (κ2) is 10.2. The van der Waals surface area contributed by atoms with E-state index in [1.165, 1.54) is 37.0 Å².